The number of ether oxygens (including phenoxy) is 3. The molecule has 0 saturated carbocycles. The Labute approximate surface area is 192 Å². The highest BCUT2D eigenvalue weighted by atomic mass is 16.6. The lowest BCUT2D eigenvalue weighted by Crippen LogP contribution is -2.27. The van der Waals surface area contributed by atoms with Gasteiger partial charge in [-0.3, -0.25) is 9.59 Å². The molecule has 2 rings (SSSR count). The molecular formula is C24H30O9. The lowest BCUT2D eigenvalue weighted by atomic mass is 9.98. The molecule has 0 aliphatic carbocycles. The summed E-state index contributed by atoms with van der Waals surface area (Å²) < 4.78 is 15.9. The molecule has 0 spiro atoms. The average molecular weight is 462 g/mol. The molecule has 0 heterocycles. The summed E-state index contributed by atoms with van der Waals surface area (Å²) in [6, 6.07) is 7.47. The summed E-state index contributed by atoms with van der Waals surface area (Å²) in [6.45, 7) is 2.59. The van der Waals surface area contributed by atoms with E-state index < -0.39 is 24.1 Å². The van der Waals surface area contributed by atoms with E-state index in [0.29, 0.717) is 31.2 Å². The highest BCUT2D eigenvalue weighted by Crippen LogP contribution is 2.36. The topological polar surface area (TPSA) is 143 Å². The molecule has 0 aromatic heterocycles. The van der Waals surface area contributed by atoms with Crippen LogP contribution >= 0.6 is 0 Å². The van der Waals surface area contributed by atoms with Gasteiger partial charge in [0.15, 0.2) is 23.0 Å². The van der Waals surface area contributed by atoms with E-state index in [0.717, 1.165) is 5.56 Å². The summed E-state index contributed by atoms with van der Waals surface area (Å²) in [5.74, 6) is -1.94. The molecule has 9 heteroatoms. The van der Waals surface area contributed by atoms with Gasteiger partial charge in [0.25, 0.3) is 0 Å². The van der Waals surface area contributed by atoms with Crippen LogP contribution in [0, 0.1) is 0 Å². The summed E-state index contributed by atoms with van der Waals surface area (Å²) in [4.78, 5) is 23.3. The lowest BCUT2D eigenvalue weighted by molar-refractivity contribution is -0.153. The quantitative estimate of drug-likeness (QED) is 0.292. The fraction of sp³-hybridized carbons (Fsp3) is 0.417. The Hall–Kier alpha value is -3.62. The Morgan fingerprint density at radius 2 is 1.33 bits per heavy atom. The Bertz CT molecular complexity index is 971. The van der Waals surface area contributed by atoms with Gasteiger partial charge in [0, 0.05) is 20.3 Å². The van der Waals surface area contributed by atoms with Crippen molar-refractivity contribution in [2.75, 3.05) is 7.11 Å². The minimum absolute atomic E-state index is 0.129. The molecule has 2 aromatic rings. The van der Waals surface area contributed by atoms with Gasteiger partial charge in [-0.2, -0.15) is 0 Å². The number of phenols is 4. The molecule has 0 bridgehead atoms. The van der Waals surface area contributed by atoms with Crippen molar-refractivity contribution in [2.45, 2.75) is 58.2 Å². The number of rotatable bonds is 11. The maximum atomic E-state index is 11.6. The molecule has 0 aliphatic rings. The second kappa shape index (κ2) is 11.8. The van der Waals surface area contributed by atoms with Crippen LogP contribution in [0.5, 0.6) is 28.7 Å². The fourth-order valence-electron chi connectivity index (χ4n) is 3.54. The molecule has 0 unspecified atom stereocenters. The van der Waals surface area contributed by atoms with Gasteiger partial charge >= 0.3 is 11.9 Å². The minimum Gasteiger partial charge on any atom is -0.504 e. The second-order valence-corrected chi connectivity index (χ2v) is 7.76. The van der Waals surface area contributed by atoms with Crippen LogP contribution in [0.15, 0.2) is 30.3 Å². The van der Waals surface area contributed by atoms with Crippen LogP contribution in [0.4, 0.5) is 0 Å². The first-order valence-corrected chi connectivity index (χ1v) is 10.5. The highest BCUT2D eigenvalue weighted by molar-refractivity contribution is 5.66. The van der Waals surface area contributed by atoms with Crippen LogP contribution in [-0.4, -0.2) is 51.7 Å². The third kappa shape index (κ3) is 8.10. The van der Waals surface area contributed by atoms with Gasteiger partial charge in [-0.05, 0) is 61.1 Å². The minimum atomic E-state index is -0.568. The summed E-state index contributed by atoms with van der Waals surface area (Å²) in [5, 5.41) is 38.8. The van der Waals surface area contributed by atoms with E-state index in [2.05, 4.69) is 0 Å². The maximum absolute atomic E-state index is 11.6. The predicted molar refractivity (Wildman–Crippen MR) is 118 cm³/mol. The van der Waals surface area contributed by atoms with Gasteiger partial charge in [0.05, 0.1) is 7.11 Å². The summed E-state index contributed by atoms with van der Waals surface area (Å²) in [7, 11) is 1.37. The van der Waals surface area contributed by atoms with Crippen LogP contribution in [-0.2, 0) is 31.9 Å². The molecule has 33 heavy (non-hydrogen) atoms. The molecule has 2 aromatic carbocycles. The van der Waals surface area contributed by atoms with E-state index in [-0.39, 0.29) is 35.2 Å². The molecule has 0 radical (unpaired) electrons. The van der Waals surface area contributed by atoms with Crippen molar-refractivity contribution < 1.29 is 44.2 Å². The molecule has 0 amide bonds. The van der Waals surface area contributed by atoms with Crippen molar-refractivity contribution in [2.24, 2.45) is 0 Å². The predicted octanol–water partition coefficient (Wildman–Crippen LogP) is 3.34. The van der Waals surface area contributed by atoms with Crippen LogP contribution < -0.4 is 4.74 Å². The van der Waals surface area contributed by atoms with Crippen molar-refractivity contribution in [3.8, 4) is 28.7 Å². The number of aromatic hydroxyl groups is 4. The largest absolute Gasteiger partial charge is 0.504 e. The SMILES string of the molecule is COc1cc(CC[C@H](C[C@H](CCc2ccc(O)c(O)c2)OC(C)=O)OC(C)=O)cc(O)c1O. The molecular weight excluding hydrogens is 432 g/mol. The van der Waals surface area contributed by atoms with E-state index in [1.807, 2.05) is 0 Å². The molecule has 2 atom stereocenters. The number of carbonyl (C=O) groups is 2. The van der Waals surface area contributed by atoms with Crippen LogP contribution in [0.2, 0.25) is 0 Å². The van der Waals surface area contributed by atoms with Gasteiger partial charge in [-0.1, -0.05) is 6.07 Å². The van der Waals surface area contributed by atoms with Gasteiger partial charge in [0.2, 0.25) is 5.75 Å². The van der Waals surface area contributed by atoms with Crippen molar-refractivity contribution in [3.05, 3.63) is 41.5 Å². The highest BCUT2D eigenvalue weighted by Gasteiger charge is 2.22. The normalized spacial score (nSPS) is 12.6. The number of carbonyl (C=O) groups excluding carboxylic acids is 2. The fourth-order valence-corrected chi connectivity index (χ4v) is 3.54. The summed E-state index contributed by atoms with van der Waals surface area (Å²) in [6.07, 6.45) is 0.792. The first-order valence-electron chi connectivity index (χ1n) is 10.5. The number of methoxy groups -OCH3 is 1. The second-order valence-electron chi connectivity index (χ2n) is 7.76. The van der Waals surface area contributed by atoms with Crippen molar-refractivity contribution in [1.29, 1.82) is 0 Å². The van der Waals surface area contributed by atoms with Crippen LogP contribution in [0.25, 0.3) is 0 Å². The van der Waals surface area contributed by atoms with Gasteiger partial charge in [-0.25, -0.2) is 0 Å². The zero-order valence-corrected chi connectivity index (χ0v) is 18.9. The van der Waals surface area contributed by atoms with Crippen molar-refractivity contribution in [1.82, 2.24) is 0 Å². The van der Waals surface area contributed by atoms with Crippen LogP contribution in [0.3, 0.4) is 0 Å². The number of aryl methyl sites for hydroxylation is 2. The lowest BCUT2D eigenvalue weighted by Gasteiger charge is -2.24. The molecule has 0 saturated heterocycles. The van der Waals surface area contributed by atoms with Crippen molar-refractivity contribution >= 4 is 11.9 Å². The van der Waals surface area contributed by atoms with Crippen LogP contribution in [0.1, 0.15) is 44.2 Å². The molecule has 9 nitrogen and oxygen atoms in total. The number of hydrogen-bond acceptors (Lipinski definition) is 9. The molecule has 4 N–H and O–H groups in total. The van der Waals surface area contributed by atoms with E-state index in [9.17, 15) is 30.0 Å². The molecule has 0 fully saturated rings. The van der Waals surface area contributed by atoms with E-state index in [1.54, 1.807) is 12.1 Å². The Morgan fingerprint density at radius 3 is 1.85 bits per heavy atom. The van der Waals surface area contributed by atoms with E-state index in [4.69, 9.17) is 14.2 Å². The third-order valence-electron chi connectivity index (χ3n) is 5.08. The Balaban J connectivity index is 2.09. The Kier molecular flexibility index (Phi) is 9.20. The number of benzene rings is 2. The van der Waals surface area contributed by atoms with Gasteiger partial charge in [-0.15, -0.1) is 0 Å². The summed E-state index contributed by atoms with van der Waals surface area (Å²) in [5.41, 5.74) is 1.42. The first kappa shape index (κ1) is 25.6. The summed E-state index contributed by atoms with van der Waals surface area (Å²) >= 11 is 0. The molecule has 180 valence electrons. The number of phenolic OH excluding ortho intramolecular Hbond substituents is 4. The maximum Gasteiger partial charge on any atom is 0.302 e. The van der Waals surface area contributed by atoms with Gasteiger partial charge < -0.3 is 34.6 Å². The smallest absolute Gasteiger partial charge is 0.302 e. The van der Waals surface area contributed by atoms with E-state index >= 15 is 0 Å². The van der Waals surface area contributed by atoms with Gasteiger partial charge in [0.1, 0.15) is 12.2 Å². The number of esters is 2. The zero-order valence-electron chi connectivity index (χ0n) is 18.9. The van der Waals surface area contributed by atoms with E-state index in [1.165, 1.54) is 39.2 Å². The zero-order chi connectivity index (χ0) is 24.5. The van der Waals surface area contributed by atoms with Crippen molar-refractivity contribution in [3.63, 3.8) is 0 Å². The first-order chi connectivity index (χ1) is 15.6. The average Bonchev–Trinajstić information content (AvgIpc) is 2.74. The Morgan fingerprint density at radius 1 is 0.788 bits per heavy atom. The third-order valence-corrected chi connectivity index (χ3v) is 5.08. The monoisotopic (exact) mass is 462 g/mol. The number of hydrogen-bond donors (Lipinski definition) is 4. The standard InChI is InChI=1S/C24H30O9/c1-14(25)32-18(7-4-16-6-9-20(27)21(28)10-16)13-19(33-15(2)26)8-5-17-11-22(29)24(30)23(12-17)31-3/h6,9-12,18-19,27-30H,4-5,7-8,13H2,1-3H3/t18-,19+/m0/s1. The molecule has 0 aliphatic heterocycles.